The topological polar surface area (TPSA) is 291 Å². The van der Waals surface area contributed by atoms with Crippen molar-refractivity contribution in [3.8, 4) is 0 Å². The lowest BCUT2D eigenvalue weighted by atomic mass is 10.0. The summed E-state index contributed by atoms with van der Waals surface area (Å²) in [7, 11) is 0.918. The number of anilines is 1. The molecule has 2 aromatic heterocycles. The molecule has 0 spiro atoms. The number of nitrogens with one attached hydrogen (secondary N) is 4. The van der Waals surface area contributed by atoms with Crippen molar-refractivity contribution < 1.29 is 75.7 Å². The van der Waals surface area contributed by atoms with E-state index in [0.717, 1.165) is 5.56 Å². The largest absolute Gasteiger partial charge is 0.603 e. The van der Waals surface area contributed by atoms with Crippen LogP contribution in [0, 0.1) is 5.92 Å². The summed E-state index contributed by atoms with van der Waals surface area (Å²) in [5.41, 5.74) is 1.30. The van der Waals surface area contributed by atoms with Gasteiger partial charge in [0, 0.05) is 13.3 Å². The molecule has 3 heterocycles. The maximum atomic E-state index is 14.2. The van der Waals surface area contributed by atoms with E-state index in [4.69, 9.17) is 37.6 Å². The molecule has 1 fully saturated rings. The highest BCUT2D eigenvalue weighted by molar-refractivity contribution is 7.53. The van der Waals surface area contributed by atoms with Crippen LogP contribution in [0.4, 0.5) is 10.6 Å². The molecular formula is C44H63N9O15P+. The van der Waals surface area contributed by atoms with Gasteiger partial charge in [-0.1, -0.05) is 62.9 Å². The van der Waals surface area contributed by atoms with Crippen molar-refractivity contribution in [3.63, 3.8) is 0 Å². The average molecular weight is 989 g/mol. The van der Waals surface area contributed by atoms with Gasteiger partial charge in [-0.2, -0.15) is 13.9 Å². The second-order valence-electron chi connectivity index (χ2n) is 17.1. The van der Waals surface area contributed by atoms with Gasteiger partial charge in [0.25, 0.3) is 0 Å². The molecule has 4 rings (SSSR count). The Morgan fingerprint density at radius 1 is 0.942 bits per heavy atom. The zero-order valence-electron chi connectivity index (χ0n) is 39.8. The molecule has 0 bridgehead atoms. The molecule has 4 amide bonds. The predicted molar refractivity (Wildman–Crippen MR) is 246 cm³/mol. The van der Waals surface area contributed by atoms with Gasteiger partial charge in [0.2, 0.25) is 17.7 Å². The summed E-state index contributed by atoms with van der Waals surface area (Å²) in [5.74, 6) is -3.28. The molecule has 24 nitrogen and oxygen atoms in total. The third kappa shape index (κ3) is 18.5. The van der Waals surface area contributed by atoms with Crippen molar-refractivity contribution in [2.24, 2.45) is 5.92 Å². The van der Waals surface area contributed by atoms with Crippen LogP contribution < -0.4 is 26.2 Å². The van der Waals surface area contributed by atoms with Crippen LogP contribution in [0.1, 0.15) is 52.3 Å². The fourth-order valence-corrected chi connectivity index (χ4v) is 7.42. The molecule has 0 aliphatic carbocycles. The Morgan fingerprint density at radius 3 is 2.33 bits per heavy atom. The zero-order valence-corrected chi connectivity index (χ0v) is 40.7. The highest BCUT2D eigenvalue weighted by Gasteiger charge is 2.45. The smallest absolute Gasteiger partial charge is 0.421 e. The van der Waals surface area contributed by atoms with Crippen molar-refractivity contribution in [2.75, 3.05) is 66.0 Å². The van der Waals surface area contributed by atoms with Gasteiger partial charge in [-0.3, -0.25) is 23.7 Å². The van der Waals surface area contributed by atoms with Crippen molar-refractivity contribution in [1.82, 2.24) is 35.5 Å². The monoisotopic (exact) mass is 988 g/mol. The fraction of sp³-hybridized carbons (Fsp3) is 0.523. The minimum absolute atomic E-state index is 0.0173. The lowest BCUT2D eigenvalue weighted by Crippen LogP contribution is -2.56. The van der Waals surface area contributed by atoms with Gasteiger partial charge in [0.15, 0.2) is 17.0 Å². The van der Waals surface area contributed by atoms with E-state index < -0.39 is 87.8 Å². The molecule has 1 aromatic carbocycles. The molecular weight excluding hydrogens is 926 g/mol. The number of rotatable bonds is 28. The summed E-state index contributed by atoms with van der Waals surface area (Å²) in [6.45, 7) is 11.8. The van der Waals surface area contributed by atoms with Crippen molar-refractivity contribution in [2.45, 2.75) is 83.5 Å². The molecule has 1 aliphatic rings. The molecule has 1 aliphatic heterocycles. The zero-order chi connectivity index (χ0) is 50.7. The third-order valence-corrected chi connectivity index (χ3v) is 11.0. The number of benzene rings is 1. The molecule has 1 unspecified atom stereocenters. The van der Waals surface area contributed by atoms with Crippen LogP contribution >= 0.6 is 8.17 Å². The summed E-state index contributed by atoms with van der Waals surface area (Å²) in [6.07, 6.45) is 1.39. The number of ether oxygens (including phenoxy) is 4. The highest BCUT2D eigenvalue weighted by atomic mass is 31.2. The second kappa shape index (κ2) is 26.7. The Labute approximate surface area is 400 Å². The Hall–Kier alpha value is -5.98. The van der Waals surface area contributed by atoms with E-state index in [9.17, 15) is 33.7 Å². The number of aromatic nitrogens is 4. The van der Waals surface area contributed by atoms with E-state index in [1.165, 1.54) is 43.2 Å². The van der Waals surface area contributed by atoms with Gasteiger partial charge >= 0.3 is 26.2 Å². The van der Waals surface area contributed by atoms with Crippen molar-refractivity contribution in [1.29, 1.82) is 0 Å². The summed E-state index contributed by atoms with van der Waals surface area (Å²) >= 11 is 0. The van der Waals surface area contributed by atoms with Gasteiger partial charge in [-0.25, -0.2) is 24.5 Å². The number of imidazole rings is 1. The number of phosphoric acid groups is 1. The molecule has 69 heavy (non-hydrogen) atoms. The Kier molecular flexibility index (Phi) is 21.5. The van der Waals surface area contributed by atoms with E-state index >= 15 is 0 Å². The van der Waals surface area contributed by atoms with Crippen LogP contribution in [0.2, 0.25) is 0 Å². The van der Waals surface area contributed by atoms with E-state index in [1.807, 2.05) is 65.3 Å². The number of carbonyl (C=O) groups excluding carboxylic acids is 6. The molecule has 4 N–H and O–H groups in total. The first-order valence-corrected chi connectivity index (χ1v) is 23.4. The Bertz CT molecular complexity index is 2230. The summed E-state index contributed by atoms with van der Waals surface area (Å²) in [5, 5.41) is 10.1. The highest BCUT2D eigenvalue weighted by Crippen LogP contribution is 2.54. The normalized spacial score (nSPS) is 18.0. The van der Waals surface area contributed by atoms with Crippen LogP contribution in [0.3, 0.4) is 0 Å². The van der Waals surface area contributed by atoms with Gasteiger partial charge in [0.05, 0.1) is 33.9 Å². The van der Waals surface area contributed by atoms with E-state index in [-0.39, 0.29) is 67.9 Å². The summed E-state index contributed by atoms with van der Waals surface area (Å²) in [6, 6.07) is 5.09. The summed E-state index contributed by atoms with van der Waals surface area (Å²) in [4.78, 5) is 110. The Morgan fingerprint density at radius 2 is 1.67 bits per heavy atom. The number of nitrogens with zero attached hydrogens (tertiary/aromatic N) is 5. The number of phosphoric ester groups is 1. The molecule has 0 saturated carbocycles. The first-order chi connectivity index (χ1) is 32.7. The van der Waals surface area contributed by atoms with Crippen LogP contribution in [0.15, 0.2) is 68.3 Å². The summed E-state index contributed by atoms with van der Waals surface area (Å²) < 4.78 is 40.5. The minimum atomic E-state index is -4.89. The van der Waals surface area contributed by atoms with Crippen LogP contribution in [0.25, 0.3) is 11.2 Å². The third-order valence-electron chi connectivity index (χ3n) is 9.77. The first-order valence-electron chi connectivity index (χ1n) is 22.0. The minimum Gasteiger partial charge on any atom is -0.603 e. The fourth-order valence-electron chi connectivity index (χ4n) is 6.41. The second-order valence-corrected chi connectivity index (χ2v) is 18.7. The SMILES string of the molecule is C=CCOO[P+]([O-])(OC[C@H](NC(=O)OCC=C)C(=O)N[C@@H](C)C(=O)N[C@@H](CC(C)C)C(=O)OCC[N+](C)(C)C)OC[C@H]1O[C@@H](n2cnc3c(NC(=O)Cc4ccccc4)ncnc32)C[C@@H]1OC(C)=O. The standard InChI is InChI=1S/C44H62N9O15P/c1-10-18-62-44(59)50-33(42(57)48-29(5)41(56)49-32(21-28(3)4)43(58)61-20-17-53(7,8)9)24-64-69(60,68-63-19-11-2)65-25-35-34(66-30(6)54)23-37(67-35)52-27-47-38-39(45-26-46-40(38)52)51-36(55)22-31-15-13-12-14-16-31/h10-16,26-29,32-35,37H,1-2,17-25H2,3-9H3,(H3-,45,46,48,49,50,51,55,56,57,59)/p+1/t29-,32-,33-,34-,35+,37+,69?/m0/s1. The predicted octanol–water partition coefficient (Wildman–Crippen LogP) is 2.00. The lowest BCUT2D eigenvalue weighted by Gasteiger charge is -2.27. The van der Waals surface area contributed by atoms with Crippen molar-refractivity contribution in [3.05, 3.63) is 73.9 Å². The Balaban J connectivity index is 1.48. The number of fused-ring (bicyclic) bond motifs is 1. The number of esters is 2. The van der Waals surface area contributed by atoms with Gasteiger partial charge < -0.3 is 49.6 Å². The van der Waals surface area contributed by atoms with Gasteiger partial charge in [-0.15, -0.1) is 6.58 Å². The number of likely N-dealkylation sites (N-methyl/N-ethyl adjacent to an activating group) is 1. The molecule has 0 radical (unpaired) electrons. The molecule has 7 atom stereocenters. The maximum absolute atomic E-state index is 14.2. The quantitative estimate of drug-likeness (QED) is 0.0118. The van der Waals surface area contributed by atoms with Gasteiger partial charge in [0.1, 0.15) is 82.5 Å². The number of amides is 4. The number of hydrogen-bond donors (Lipinski definition) is 4. The number of carbonyl (C=O) groups is 6. The van der Waals surface area contributed by atoms with Crippen molar-refractivity contribution >= 4 is 60.9 Å². The number of alkyl carbamates (subject to hydrolysis) is 1. The lowest BCUT2D eigenvalue weighted by molar-refractivity contribution is -0.870. The van der Waals surface area contributed by atoms with Crippen LogP contribution in [-0.2, 0) is 68.0 Å². The molecule has 3 aromatic rings. The van der Waals surface area contributed by atoms with Crippen LogP contribution in [0.5, 0.6) is 0 Å². The molecule has 1 saturated heterocycles. The average Bonchev–Trinajstić information content (AvgIpc) is 3.90. The molecule has 25 heteroatoms. The van der Waals surface area contributed by atoms with E-state index in [2.05, 4.69) is 49.4 Å². The number of quaternary nitrogens is 1. The van der Waals surface area contributed by atoms with E-state index in [0.29, 0.717) is 11.0 Å². The maximum Gasteiger partial charge on any atom is 0.421 e. The first kappa shape index (κ1) is 55.6. The number of hydrogen-bond acceptors (Lipinski definition) is 18. The van der Waals surface area contributed by atoms with E-state index in [1.54, 1.807) is 0 Å². The van der Waals surface area contributed by atoms with Gasteiger partial charge in [-0.05, 0) is 29.5 Å². The van der Waals surface area contributed by atoms with Crippen LogP contribution in [-0.4, -0.2) is 151 Å². The molecule has 378 valence electrons.